The van der Waals surface area contributed by atoms with Crippen LogP contribution in [0.2, 0.25) is 0 Å². The van der Waals surface area contributed by atoms with Crippen molar-refractivity contribution in [1.29, 1.82) is 0 Å². The van der Waals surface area contributed by atoms with Crippen molar-refractivity contribution >= 4 is 5.91 Å². The molecule has 0 bridgehead atoms. The van der Waals surface area contributed by atoms with Gasteiger partial charge in [-0.25, -0.2) is 4.98 Å². The van der Waals surface area contributed by atoms with Gasteiger partial charge in [0, 0.05) is 23.2 Å². The Morgan fingerprint density at radius 3 is 2.69 bits per heavy atom. The third kappa shape index (κ3) is 4.59. The molecule has 2 atom stereocenters. The van der Waals surface area contributed by atoms with Gasteiger partial charge in [0.1, 0.15) is 6.26 Å². The Bertz CT molecular complexity index is 1370. The number of oxazole rings is 1. The van der Waals surface area contributed by atoms with Crippen LogP contribution in [0, 0.1) is 12.3 Å². The zero-order valence-corrected chi connectivity index (χ0v) is 19.3. The number of benzene rings is 2. The number of amides is 1. The summed E-state index contributed by atoms with van der Waals surface area (Å²) in [4.78, 5) is 19.3. The fourth-order valence-corrected chi connectivity index (χ4v) is 4.38. The van der Waals surface area contributed by atoms with Gasteiger partial charge in [-0.1, -0.05) is 36.3 Å². The lowest BCUT2D eigenvalue weighted by molar-refractivity contribution is 0.0766. The minimum atomic E-state index is -0.874. The molecule has 2 N–H and O–H groups in total. The van der Waals surface area contributed by atoms with Gasteiger partial charge >= 0.3 is 0 Å². The quantitative estimate of drug-likeness (QED) is 0.426. The first-order valence-corrected chi connectivity index (χ1v) is 11.4. The monoisotopic (exact) mass is 467 g/mol. The Morgan fingerprint density at radius 2 is 1.97 bits per heavy atom. The third-order valence-corrected chi connectivity index (χ3v) is 6.14. The Hall–Kier alpha value is -4.22. The number of likely N-dealkylation sites (tertiary alicyclic amines) is 1. The second-order valence-corrected chi connectivity index (χ2v) is 8.95. The molecule has 8 nitrogen and oxygen atoms in total. The van der Waals surface area contributed by atoms with Gasteiger partial charge in [0.05, 0.1) is 17.8 Å². The summed E-state index contributed by atoms with van der Waals surface area (Å²) < 4.78 is 11.5. The molecule has 3 heterocycles. The van der Waals surface area contributed by atoms with Crippen LogP contribution < -0.4 is 5.73 Å². The Kier molecular flexibility index (Phi) is 5.93. The predicted octanol–water partition coefficient (Wildman–Crippen LogP) is 4.05. The van der Waals surface area contributed by atoms with E-state index in [-0.39, 0.29) is 17.8 Å². The van der Waals surface area contributed by atoms with E-state index in [1.54, 1.807) is 29.3 Å². The lowest BCUT2D eigenvalue weighted by atomic mass is 9.94. The Balaban J connectivity index is 1.51. The van der Waals surface area contributed by atoms with Gasteiger partial charge in [0.15, 0.2) is 0 Å². The summed E-state index contributed by atoms with van der Waals surface area (Å²) >= 11 is 0. The summed E-state index contributed by atoms with van der Waals surface area (Å²) in [5, 5.41) is 8.47. The molecular weight excluding hydrogens is 442 g/mol. The fraction of sp³-hybridized carbons (Fsp3) is 0.259. The van der Waals surface area contributed by atoms with E-state index in [9.17, 15) is 4.79 Å². The molecule has 8 heteroatoms. The summed E-state index contributed by atoms with van der Waals surface area (Å²) in [5.74, 6) is 3.49. The second-order valence-electron chi connectivity index (χ2n) is 8.95. The number of rotatable bonds is 6. The number of nitrogens with two attached hydrogens (primary N) is 1. The first kappa shape index (κ1) is 22.6. The van der Waals surface area contributed by atoms with Gasteiger partial charge in [-0.05, 0) is 49.9 Å². The molecule has 1 aliphatic rings. The molecule has 1 fully saturated rings. The SMILES string of the molecule is C#CC1CCCN1C(=O)c1cc(-c2ncco2)cc(-c2nnc([C@](C)(N)Cc3ccccc3)o2)c1. The zero-order valence-electron chi connectivity index (χ0n) is 19.3. The van der Waals surface area contributed by atoms with E-state index in [0.717, 1.165) is 18.4 Å². The molecule has 1 unspecified atom stereocenters. The zero-order chi connectivity index (χ0) is 24.4. The molecule has 0 saturated carbocycles. The second kappa shape index (κ2) is 9.20. The molecule has 0 spiro atoms. The van der Waals surface area contributed by atoms with Crippen LogP contribution in [0.4, 0.5) is 0 Å². The predicted molar refractivity (Wildman–Crippen MR) is 130 cm³/mol. The average Bonchev–Trinajstić information content (AvgIpc) is 3.65. The van der Waals surface area contributed by atoms with Crippen LogP contribution in [0.1, 0.15) is 41.6 Å². The van der Waals surface area contributed by atoms with E-state index in [4.69, 9.17) is 21.0 Å². The highest BCUT2D eigenvalue weighted by molar-refractivity contribution is 5.97. The Labute approximate surface area is 203 Å². The van der Waals surface area contributed by atoms with Crippen molar-refractivity contribution in [3.8, 4) is 35.3 Å². The topological polar surface area (TPSA) is 111 Å². The first-order chi connectivity index (χ1) is 16.9. The summed E-state index contributed by atoms with van der Waals surface area (Å²) in [5.41, 5.74) is 8.37. The van der Waals surface area contributed by atoms with Crippen molar-refractivity contribution in [2.24, 2.45) is 5.73 Å². The van der Waals surface area contributed by atoms with Crippen molar-refractivity contribution in [3.63, 3.8) is 0 Å². The van der Waals surface area contributed by atoms with Crippen LogP contribution in [0.3, 0.4) is 0 Å². The standard InChI is InChI=1S/C27H25N5O3/c1-3-22-10-7-12-32(22)25(33)21-15-19(23-29-11-13-34-23)14-20(16-21)24-30-31-26(35-24)27(2,28)17-18-8-5-4-6-9-18/h1,4-6,8-9,11,13-16,22H,7,10,12,17,28H2,2H3/t22?,27-/m1/s1. The maximum Gasteiger partial charge on any atom is 0.254 e. The number of hydrogen-bond donors (Lipinski definition) is 1. The fourth-order valence-electron chi connectivity index (χ4n) is 4.38. The molecule has 2 aromatic heterocycles. The smallest absolute Gasteiger partial charge is 0.254 e. The van der Waals surface area contributed by atoms with Gasteiger partial charge in [-0.2, -0.15) is 0 Å². The first-order valence-electron chi connectivity index (χ1n) is 11.4. The lowest BCUT2D eigenvalue weighted by Gasteiger charge is -2.21. The van der Waals surface area contributed by atoms with Crippen LogP contribution in [0.5, 0.6) is 0 Å². The molecule has 4 aromatic rings. The van der Waals surface area contributed by atoms with E-state index in [2.05, 4.69) is 21.1 Å². The molecule has 35 heavy (non-hydrogen) atoms. The lowest BCUT2D eigenvalue weighted by Crippen LogP contribution is -2.35. The van der Waals surface area contributed by atoms with Gasteiger partial charge in [-0.3, -0.25) is 4.79 Å². The highest BCUT2D eigenvalue weighted by Gasteiger charge is 2.31. The van der Waals surface area contributed by atoms with Crippen molar-refractivity contribution in [2.75, 3.05) is 6.54 Å². The summed E-state index contributed by atoms with van der Waals surface area (Å²) in [7, 11) is 0. The number of carbonyl (C=O) groups excluding carboxylic acids is 1. The number of carbonyl (C=O) groups is 1. The van der Waals surface area contributed by atoms with E-state index < -0.39 is 5.54 Å². The van der Waals surface area contributed by atoms with Crippen LogP contribution in [0.25, 0.3) is 22.9 Å². The molecule has 5 rings (SSSR count). The van der Waals surface area contributed by atoms with Crippen LogP contribution in [-0.4, -0.2) is 38.6 Å². The maximum atomic E-state index is 13.4. The number of aromatic nitrogens is 3. The average molecular weight is 468 g/mol. The van der Waals surface area contributed by atoms with Gasteiger partial charge in [-0.15, -0.1) is 16.6 Å². The molecule has 0 radical (unpaired) electrons. The summed E-state index contributed by atoms with van der Waals surface area (Å²) in [6.07, 6.45) is 10.9. The number of hydrogen-bond acceptors (Lipinski definition) is 7. The van der Waals surface area contributed by atoms with Gasteiger partial charge in [0.2, 0.25) is 17.7 Å². The highest BCUT2D eigenvalue weighted by Crippen LogP contribution is 2.31. The van der Waals surface area contributed by atoms with Crippen molar-refractivity contribution in [2.45, 2.75) is 37.8 Å². The molecule has 1 aliphatic heterocycles. The molecule has 2 aromatic carbocycles. The minimum Gasteiger partial charge on any atom is -0.445 e. The summed E-state index contributed by atoms with van der Waals surface area (Å²) in [6.45, 7) is 2.46. The molecule has 1 amide bonds. The number of terminal acetylenes is 1. The Morgan fingerprint density at radius 1 is 1.20 bits per heavy atom. The van der Waals surface area contributed by atoms with Crippen molar-refractivity contribution in [1.82, 2.24) is 20.1 Å². The molecule has 176 valence electrons. The normalized spacial score (nSPS) is 17.2. The van der Waals surface area contributed by atoms with Crippen LogP contribution >= 0.6 is 0 Å². The molecular formula is C27H25N5O3. The van der Waals surface area contributed by atoms with Crippen LogP contribution in [-0.2, 0) is 12.0 Å². The molecule has 1 saturated heterocycles. The van der Waals surface area contributed by atoms with Crippen molar-refractivity contribution in [3.05, 3.63) is 78.0 Å². The largest absolute Gasteiger partial charge is 0.445 e. The van der Waals surface area contributed by atoms with Crippen LogP contribution in [0.15, 0.2) is 69.8 Å². The van der Waals surface area contributed by atoms with Gasteiger partial charge < -0.3 is 19.5 Å². The molecule has 0 aliphatic carbocycles. The van der Waals surface area contributed by atoms with Crippen molar-refractivity contribution < 1.29 is 13.6 Å². The summed E-state index contributed by atoms with van der Waals surface area (Å²) in [6, 6.07) is 14.9. The minimum absolute atomic E-state index is 0.160. The van der Waals surface area contributed by atoms with E-state index in [1.807, 2.05) is 37.3 Å². The van der Waals surface area contributed by atoms with E-state index >= 15 is 0 Å². The highest BCUT2D eigenvalue weighted by atomic mass is 16.4. The third-order valence-electron chi connectivity index (χ3n) is 6.14. The van der Waals surface area contributed by atoms with Gasteiger partial charge in [0.25, 0.3) is 5.91 Å². The maximum absolute atomic E-state index is 13.4. The number of nitrogens with zero attached hydrogens (tertiary/aromatic N) is 4. The van der Waals surface area contributed by atoms with E-state index in [1.165, 1.54) is 6.26 Å². The van der Waals surface area contributed by atoms with E-state index in [0.29, 0.717) is 41.4 Å².